The van der Waals surface area contributed by atoms with Gasteiger partial charge in [-0.2, -0.15) is 5.10 Å². The summed E-state index contributed by atoms with van der Waals surface area (Å²) in [6.07, 6.45) is -0.638. The summed E-state index contributed by atoms with van der Waals surface area (Å²) in [6, 6.07) is 13.7. The van der Waals surface area contributed by atoms with Crippen LogP contribution < -0.4 is 10.7 Å². The molecule has 6 nitrogen and oxygen atoms in total. The number of hydrogen-bond acceptors (Lipinski definition) is 4. The Labute approximate surface area is 144 Å². The van der Waals surface area contributed by atoms with Crippen LogP contribution >= 0.6 is 11.6 Å². The summed E-state index contributed by atoms with van der Waals surface area (Å²) in [5.41, 5.74) is 4.82. The molecular weight excluding hydrogens is 330 g/mol. The van der Waals surface area contributed by atoms with Crippen LogP contribution in [0.5, 0.6) is 0 Å². The molecule has 2 rings (SSSR count). The zero-order valence-electron chi connectivity index (χ0n) is 13.2. The summed E-state index contributed by atoms with van der Waals surface area (Å²) in [4.78, 5) is 23.1. The minimum atomic E-state index is -0.638. The van der Waals surface area contributed by atoms with Crippen molar-refractivity contribution in [1.29, 1.82) is 0 Å². The lowest BCUT2D eigenvalue weighted by atomic mass is 10.1. The molecule has 0 aliphatic rings. The number of methoxy groups -OCH3 is 1. The fourth-order valence-electron chi connectivity index (χ4n) is 1.84. The lowest BCUT2D eigenvalue weighted by Crippen LogP contribution is -2.18. The van der Waals surface area contributed by atoms with Gasteiger partial charge in [-0.25, -0.2) is 10.2 Å². The second-order valence-electron chi connectivity index (χ2n) is 4.84. The molecule has 0 saturated carbocycles. The Balaban J connectivity index is 2.02. The third kappa shape index (κ3) is 4.82. The van der Waals surface area contributed by atoms with E-state index < -0.39 is 6.09 Å². The number of nitrogens with zero attached hydrogens (tertiary/aromatic N) is 1. The Morgan fingerprint density at radius 2 is 1.58 bits per heavy atom. The Morgan fingerprint density at radius 1 is 1.00 bits per heavy atom. The van der Waals surface area contributed by atoms with E-state index in [-0.39, 0.29) is 5.91 Å². The van der Waals surface area contributed by atoms with E-state index in [2.05, 4.69) is 20.6 Å². The zero-order chi connectivity index (χ0) is 17.5. The van der Waals surface area contributed by atoms with Gasteiger partial charge in [-0.15, -0.1) is 0 Å². The van der Waals surface area contributed by atoms with Crippen molar-refractivity contribution < 1.29 is 14.3 Å². The minimum Gasteiger partial charge on any atom is -0.452 e. The molecule has 0 atom stereocenters. The molecule has 0 radical (unpaired) electrons. The highest BCUT2D eigenvalue weighted by Gasteiger charge is 2.06. The molecule has 124 valence electrons. The highest BCUT2D eigenvalue weighted by Crippen LogP contribution is 2.14. The average molecular weight is 346 g/mol. The van der Waals surface area contributed by atoms with Crippen molar-refractivity contribution in [1.82, 2.24) is 5.43 Å². The molecule has 24 heavy (non-hydrogen) atoms. The van der Waals surface area contributed by atoms with Crippen LogP contribution in [-0.2, 0) is 4.74 Å². The van der Waals surface area contributed by atoms with E-state index in [1.165, 1.54) is 7.11 Å². The van der Waals surface area contributed by atoms with Crippen LogP contribution in [0.25, 0.3) is 0 Å². The van der Waals surface area contributed by atoms with E-state index >= 15 is 0 Å². The van der Waals surface area contributed by atoms with Gasteiger partial charge in [0, 0.05) is 16.3 Å². The van der Waals surface area contributed by atoms with Crippen LogP contribution in [0.1, 0.15) is 22.8 Å². The number of nitrogens with one attached hydrogen (secondary N) is 2. The Morgan fingerprint density at radius 3 is 2.17 bits per heavy atom. The standard InChI is InChI=1S/C17H16ClN3O3/c1-11(20-21-17(23)24-2)12-5-9-15(10-6-12)19-16(22)13-3-7-14(18)8-4-13/h3-10H,1-2H3,(H,19,22)(H,21,23). The summed E-state index contributed by atoms with van der Waals surface area (Å²) in [5, 5.41) is 7.27. The maximum absolute atomic E-state index is 12.1. The monoisotopic (exact) mass is 345 g/mol. The van der Waals surface area contributed by atoms with E-state index in [0.717, 1.165) is 5.56 Å². The number of halogens is 1. The molecule has 0 saturated heterocycles. The number of hydrogen-bond donors (Lipinski definition) is 2. The zero-order valence-corrected chi connectivity index (χ0v) is 13.9. The summed E-state index contributed by atoms with van der Waals surface area (Å²) in [7, 11) is 1.26. The number of hydrazone groups is 1. The lowest BCUT2D eigenvalue weighted by molar-refractivity contribution is 0.102. The van der Waals surface area contributed by atoms with Crippen LogP contribution in [0, 0.1) is 0 Å². The molecule has 0 aromatic heterocycles. The molecular formula is C17H16ClN3O3. The predicted octanol–water partition coefficient (Wildman–Crippen LogP) is 3.67. The largest absolute Gasteiger partial charge is 0.452 e. The quantitative estimate of drug-likeness (QED) is 0.655. The third-order valence-corrected chi connectivity index (χ3v) is 3.42. The predicted molar refractivity (Wildman–Crippen MR) is 93.6 cm³/mol. The first kappa shape index (κ1) is 17.5. The molecule has 7 heteroatoms. The summed E-state index contributed by atoms with van der Waals surface area (Å²) in [6.45, 7) is 1.75. The van der Waals surface area contributed by atoms with Crippen LogP contribution in [0.3, 0.4) is 0 Å². The molecule has 0 bridgehead atoms. The highest BCUT2D eigenvalue weighted by molar-refractivity contribution is 6.30. The molecule has 0 unspecified atom stereocenters. The molecule has 2 aromatic carbocycles. The van der Waals surface area contributed by atoms with Crippen LogP contribution in [0.15, 0.2) is 53.6 Å². The van der Waals surface area contributed by atoms with Gasteiger partial charge in [0.15, 0.2) is 0 Å². The van der Waals surface area contributed by atoms with Gasteiger partial charge >= 0.3 is 6.09 Å². The average Bonchev–Trinajstić information content (AvgIpc) is 2.60. The van der Waals surface area contributed by atoms with Crippen molar-refractivity contribution in [2.45, 2.75) is 6.92 Å². The van der Waals surface area contributed by atoms with E-state index in [9.17, 15) is 9.59 Å². The number of carbonyl (C=O) groups excluding carboxylic acids is 2. The molecule has 0 heterocycles. The van der Waals surface area contributed by atoms with Gasteiger partial charge in [-0.3, -0.25) is 4.79 Å². The minimum absolute atomic E-state index is 0.225. The van der Waals surface area contributed by atoms with E-state index in [0.29, 0.717) is 22.0 Å². The van der Waals surface area contributed by atoms with Crippen LogP contribution in [-0.4, -0.2) is 24.8 Å². The first-order chi connectivity index (χ1) is 11.5. The molecule has 0 aliphatic heterocycles. The fraction of sp³-hybridized carbons (Fsp3) is 0.118. The molecule has 2 aromatic rings. The van der Waals surface area contributed by atoms with Crippen molar-refractivity contribution in [3.63, 3.8) is 0 Å². The Hall–Kier alpha value is -2.86. The van der Waals surface area contributed by atoms with Crippen LogP contribution in [0.2, 0.25) is 5.02 Å². The van der Waals surface area contributed by atoms with Gasteiger partial charge in [-0.05, 0) is 48.9 Å². The van der Waals surface area contributed by atoms with Crippen molar-refractivity contribution in [3.8, 4) is 0 Å². The van der Waals surface area contributed by atoms with Crippen molar-refractivity contribution in [2.24, 2.45) is 5.10 Å². The molecule has 2 N–H and O–H groups in total. The van der Waals surface area contributed by atoms with Gasteiger partial charge < -0.3 is 10.1 Å². The van der Waals surface area contributed by atoms with Gasteiger partial charge in [0.2, 0.25) is 0 Å². The Kier molecular flexibility index (Phi) is 5.92. The smallest absolute Gasteiger partial charge is 0.427 e. The number of carbonyl (C=O) groups is 2. The first-order valence-electron chi connectivity index (χ1n) is 7.05. The first-order valence-corrected chi connectivity index (χ1v) is 7.43. The third-order valence-electron chi connectivity index (χ3n) is 3.17. The number of ether oxygens (including phenoxy) is 1. The highest BCUT2D eigenvalue weighted by atomic mass is 35.5. The summed E-state index contributed by atoms with van der Waals surface area (Å²) < 4.78 is 4.44. The summed E-state index contributed by atoms with van der Waals surface area (Å²) >= 11 is 5.80. The van der Waals surface area contributed by atoms with Crippen molar-refractivity contribution in [2.75, 3.05) is 12.4 Å². The van der Waals surface area contributed by atoms with Gasteiger partial charge in [-0.1, -0.05) is 23.7 Å². The van der Waals surface area contributed by atoms with E-state index in [1.807, 2.05) is 0 Å². The van der Waals surface area contributed by atoms with Gasteiger partial charge in [0.25, 0.3) is 5.91 Å². The summed E-state index contributed by atoms with van der Waals surface area (Å²) in [5.74, 6) is -0.225. The number of anilines is 1. The molecule has 0 spiro atoms. The normalized spacial score (nSPS) is 10.9. The number of benzene rings is 2. The van der Waals surface area contributed by atoms with Crippen molar-refractivity contribution >= 4 is 35.0 Å². The number of rotatable bonds is 4. The molecule has 0 aliphatic carbocycles. The molecule has 0 fully saturated rings. The van der Waals surface area contributed by atoms with Crippen molar-refractivity contribution in [3.05, 3.63) is 64.7 Å². The van der Waals surface area contributed by atoms with Crippen LogP contribution in [0.4, 0.5) is 10.5 Å². The second-order valence-corrected chi connectivity index (χ2v) is 5.28. The van der Waals surface area contributed by atoms with E-state index in [4.69, 9.17) is 11.6 Å². The number of amides is 2. The lowest BCUT2D eigenvalue weighted by Gasteiger charge is -2.07. The topological polar surface area (TPSA) is 79.8 Å². The Bertz CT molecular complexity index is 756. The van der Waals surface area contributed by atoms with E-state index in [1.54, 1.807) is 55.5 Å². The van der Waals surface area contributed by atoms with Gasteiger partial charge in [0.1, 0.15) is 0 Å². The molecule has 2 amide bonds. The SMILES string of the molecule is COC(=O)NN=C(C)c1ccc(NC(=O)c2ccc(Cl)cc2)cc1. The second kappa shape index (κ2) is 8.12. The fourth-order valence-corrected chi connectivity index (χ4v) is 1.96. The maximum Gasteiger partial charge on any atom is 0.427 e. The van der Waals surface area contributed by atoms with Gasteiger partial charge in [0.05, 0.1) is 12.8 Å². The maximum atomic E-state index is 12.1.